The Morgan fingerprint density at radius 2 is 1.23 bits per heavy atom. The summed E-state index contributed by atoms with van der Waals surface area (Å²) in [5, 5.41) is 4.99. The first-order valence-corrected chi connectivity index (χ1v) is 15.2. The van der Waals surface area contributed by atoms with E-state index in [1.807, 2.05) is 78.9 Å². The molecule has 0 aliphatic rings. The van der Waals surface area contributed by atoms with Crippen molar-refractivity contribution in [3.05, 3.63) is 132 Å². The zero-order chi connectivity index (χ0) is 28.9. The molecule has 6 heteroatoms. The van der Waals surface area contributed by atoms with Gasteiger partial charge in [-0.2, -0.15) is 0 Å². The highest BCUT2D eigenvalue weighted by Gasteiger charge is 2.18. The van der Waals surface area contributed by atoms with E-state index in [4.69, 9.17) is 13.8 Å². The third kappa shape index (κ3) is 3.23. The minimum atomic E-state index is -0.0495. The molecule has 0 N–H and O–H groups in total. The quantitative estimate of drug-likeness (QED) is 0.203. The highest BCUT2D eigenvalue weighted by Crippen LogP contribution is 2.42. The summed E-state index contributed by atoms with van der Waals surface area (Å²) in [6.45, 7) is 0. The second-order valence-electron chi connectivity index (χ2n) is 11.1. The summed E-state index contributed by atoms with van der Waals surface area (Å²) < 4.78 is 15.2. The molecule has 0 bridgehead atoms. The van der Waals surface area contributed by atoms with E-state index in [1.165, 1.54) is 11.3 Å². The van der Waals surface area contributed by atoms with Crippen molar-refractivity contribution >= 4 is 81.3 Å². The van der Waals surface area contributed by atoms with Crippen molar-refractivity contribution in [2.75, 3.05) is 0 Å². The molecule has 0 saturated heterocycles. The van der Waals surface area contributed by atoms with Crippen molar-refractivity contribution in [3.63, 3.8) is 0 Å². The summed E-state index contributed by atoms with van der Waals surface area (Å²) in [6, 6.07) is 40.8. The maximum atomic E-state index is 13.6. The zero-order valence-electron chi connectivity index (χ0n) is 23.1. The van der Waals surface area contributed by atoms with E-state index in [0.717, 1.165) is 81.9 Å². The topological polar surface area (TPSA) is 60.7 Å². The summed E-state index contributed by atoms with van der Waals surface area (Å²) in [6.07, 6.45) is 0. The van der Waals surface area contributed by atoms with Gasteiger partial charge in [0.1, 0.15) is 22.3 Å². The minimum Gasteiger partial charge on any atom is -0.456 e. The molecule has 0 atom stereocenters. The molecule has 0 aliphatic carbocycles. The monoisotopic (exact) mass is 584 g/mol. The number of furan rings is 2. The van der Waals surface area contributed by atoms with Crippen LogP contribution >= 0.6 is 11.3 Å². The SMILES string of the molecule is O=c1c2ccc(-c3cccc4oc5ccc(-c6cccc7oc8ccccc8c67)cc5c34)cc2sc2nc3ccccc3n12. The van der Waals surface area contributed by atoms with Crippen LogP contribution in [0.4, 0.5) is 0 Å². The van der Waals surface area contributed by atoms with Crippen molar-refractivity contribution in [2.24, 2.45) is 0 Å². The Morgan fingerprint density at radius 3 is 2.07 bits per heavy atom. The second-order valence-corrected chi connectivity index (χ2v) is 12.1. The van der Waals surface area contributed by atoms with Gasteiger partial charge < -0.3 is 8.83 Å². The lowest BCUT2D eigenvalue weighted by molar-refractivity contribution is 0.669. The normalized spacial score (nSPS) is 12.2. The summed E-state index contributed by atoms with van der Waals surface area (Å²) >= 11 is 1.53. The van der Waals surface area contributed by atoms with E-state index < -0.39 is 0 Å². The Balaban J connectivity index is 1.20. The van der Waals surface area contributed by atoms with E-state index in [2.05, 4.69) is 42.5 Å². The van der Waals surface area contributed by atoms with Crippen LogP contribution in [0.15, 0.2) is 135 Å². The van der Waals surface area contributed by atoms with Crippen LogP contribution in [0.3, 0.4) is 0 Å². The van der Waals surface area contributed by atoms with E-state index in [0.29, 0.717) is 10.3 Å². The van der Waals surface area contributed by atoms with Crippen LogP contribution < -0.4 is 5.56 Å². The van der Waals surface area contributed by atoms with Gasteiger partial charge in [-0.25, -0.2) is 9.38 Å². The molecule has 0 amide bonds. The van der Waals surface area contributed by atoms with Crippen LogP contribution in [0.5, 0.6) is 0 Å². The molecule has 0 fully saturated rings. The lowest BCUT2D eigenvalue weighted by Crippen LogP contribution is -2.11. The third-order valence-corrected chi connectivity index (χ3v) is 9.68. The first-order valence-electron chi connectivity index (χ1n) is 14.4. The standard InChI is InChI=1S/C38H20N2O3S/c41-37-26-17-15-22(20-34(26)44-38-39-28-10-2-3-11-29(28)40(37)38)24-9-6-14-33-36(24)27-19-21(16-18-31(27)43-33)23-8-5-13-32-35(23)25-7-1-4-12-30(25)42-32/h1-20H. The average Bonchev–Trinajstić information content (AvgIpc) is 3.75. The Bertz CT molecular complexity index is 2870. The van der Waals surface area contributed by atoms with E-state index in [-0.39, 0.29) is 5.56 Å². The fourth-order valence-corrected chi connectivity index (χ4v) is 7.75. The van der Waals surface area contributed by atoms with Gasteiger partial charge >= 0.3 is 0 Å². The lowest BCUT2D eigenvalue weighted by atomic mass is 9.95. The van der Waals surface area contributed by atoms with Gasteiger partial charge in [0.05, 0.1) is 16.4 Å². The molecule has 0 saturated carbocycles. The molecule has 0 spiro atoms. The summed E-state index contributed by atoms with van der Waals surface area (Å²) in [5.74, 6) is 0. The Kier molecular flexibility index (Phi) is 4.68. The maximum absolute atomic E-state index is 13.6. The minimum absolute atomic E-state index is 0.0495. The number of hydrogen-bond acceptors (Lipinski definition) is 5. The first-order chi connectivity index (χ1) is 21.7. The number of fused-ring (bicyclic) bond motifs is 10. The van der Waals surface area contributed by atoms with Crippen molar-refractivity contribution in [3.8, 4) is 22.3 Å². The van der Waals surface area contributed by atoms with Crippen molar-refractivity contribution in [1.82, 2.24) is 9.38 Å². The summed E-state index contributed by atoms with van der Waals surface area (Å²) in [5.41, 5.74) is 9.30. The molecule has 0 aliphatic heterocycles. The van der Waals surface area contributed by atoms with Crippen LogP contribution in [-0.4, -0.2) is 9.38 Å². The van der Waals surface area contributed by atoms with Crippen molar-refractivity contribution < 1.29 is 8.83 Å². The predicted octanol–water partition coefficient (Wildman–Crippen LogP) is 10.2. The van der Waals surface area contributed by atoms with Gasteiger partial charge in [0, 0.05) is 26.2 Å². The predicted molar refractivity (Wildman–Crippen MR) is 180 cm³/mol. The molecular formula is C38H20N2O3S. The van der Waals surface area contributed by atoms with Gasteiger partial charge in [-0.1, -0.05) is 78.1 Å². The van der Waals surface area contributed by atoms with E-state index >= 15 is 0 Å². The number of benzene rings is 6. The van der Waals surface area contributed by atoms with Gasteiger partial charge in [-0.05, 0) is 76.9 Å². The van der Waals surface area contributed by atoms with Crippen LogP contribution in [0.2, 0.25) is 0 Å². The first kappa shape index (κ1) is 23.8. The van der Waals surface area contributed by atoms with Crippen LogP contribution in [0.1, 0.15) is 0 Å². The fourth-order valence-electron chi connectivity index (χ4n) is 6.69. The van der Waals surface area contributed by atoms with E-state index in [9.17, 15) is 4.79 Å². The number of aromatic nitrogens is 2. The van der Waals surface area contributed by atoms with Gasteiger partial charge in [0.15, 0.2) is 4.96 Å². The molecule has 10 aromatic rings. The lowest BCUT2D eigenvalue weighted by Gasteiger charge is -2.07. The summed E-state index contributed by atoms with van der Waals surface area (Å²) in [7, 11) is 0. The number of imidazole rings is 1. The van der Waals surface area contributed by atoms with Gasteiger partial charge in [0.25, 0.3) is 5.56 Å². The Hall–Kier alpha value is -5.72. The smallest absolute Gasteiger partial charge is 0.266 e. The van der Waals surface area contributed by atoms with Crippen LogP contribution in [-0.2, 0) is 0 Å². The Morgan fingerprint density at radius 1 is 0.568 bits per heavy atom. The number of para-hydroxylation sites is 3. The van der Waals surface area contributed by atoms with Crippen molar-refractivity contribution in [2.45, 2.75) is 0 Å². The fraction of sp³-hybridized carbons (Fsp3) is 0. The molecule has 5 nitrogen and oxygen atoms in total. The van der Waals surface area contributed by atoms with Gasteiger partial charge in [-0.3, -0.25) is 4.79 Å². The highest BCUT2D eigenvalue weighted by atomic mass is 32.1. The zero-order valence-corrected chi connectivity index (χ0v) is 23.9. The van der Waals surface area contributed by atoms with E-state index in [1.54, 1.807) is 4.40 Å². The molecule has 0 unspecified atom stereocenters. The molecule has 0 radical (unpaired) electrons. The maximum Gasteiger partial charge on any atom is 0.266 e. The number of hydrogen-bond donors (Lipinski definition) is 0. The molecule has 10 rings (SSSR count). The number of nitrogens with zero attached hydrogens (tertiary/aromatic N) is 2. The molecule has 206 valence electrons. The molecule has 4 aromatic heterocycles. The van der Waals surface area contributed by atoms with Crippen LogP contribution in [0, 0.1) is 0 Å². The highest BCUT2D eigenvalue weighted by molar-refractivity contribution is 7.23. The third-order valence-electron chi connectivity index (χ3n) is 8.67. The molecule has 44 heavy (non-hydrogen) atoms. The largest absolute Gasteiger partial charge is 0.456 e. The second kappa shape index (κ2) is 8.66. The van der Waals surface area contributed by atoms with Gasteiger partial charge in [-0.15, -0.1) is 0 Å². The number of rotatable bonds is 2. The average molecular weight is 585 g/mol. The molecule has 4 heterocycles. The van der Waals surface area contributed by atoms with Crippen molar-refractivity contribution in [1.29, 1.82) is 0 Å². The van der Waals surface area contributed by atoms with Crippen LogP contribution in [0.25, 0.3) is 92.2 Å². The summed E-state index contributed by atoms with van der Waals surface area (Å²) in [4.78, 5) is 19.0. The Labute approximate surface area is 252 Å². The molecule has 6 aromatic carbocycles. The van der Waals surface area contributed by atoms with Gasteiger partial charge in [0.2, 0.25) is 0 Å². The molecular weight excluding hydrogens is 564 g/mol.